The first kappa shape index (κ1) is 14.6. The molecule has 0 aliphatic rings. The largest absolute Gasteiger partial charge is 0.469 e. The van der Waals surface area contributed by atoms with Crippen molar-refractivity contribution in [3.8, 4) is 0 Å². The van der Waals surface area contributed by atoms with Gasteiger partial charge in [0.15, 0.2) is 0 Å². The maximum Gasteiger partial charge on any atom is 0.312 e. The van der Waals surface area contributed by atoms with Crippen LogP contribution in [0.5, 0.6) is 0 Å². The highest BCUT2D eigenvalue weighted by molar-refractivity contribution is 5.77. The van der Waals surface area contributed by atoms with Crippen molar-refractivity contribution in [1.82, 2.24) is 0 Å². The Labute approximate surface area is 107 Å². The zero-order valence-electron chi connectivity index (χ0n) is 11.1. The highest BCUT2D eigenvalue weighted by Gasteiger charge is 2.28. The van der Waals surface area contributed by atoms with Crippen LogP contribution in [0, 0.1) is 0 Å². The molecule has 0 aliphatic heterocycles. The number of carbonyl (C=O) groups excluding carboxylic acids is 1. The molecule has 0 saturated carbocycles. The summed E-state index contributed by atoms with van der Waals surface area (Å²) in [5.41, 5.74) is -0.437. The lowest BCUT2D eigenvalue weighted by molar-refractivity contribution is -0.141. The molecule has 1 rings (SSSR count). The number of hydrogen-bond donors (Lipinski definition) is 1. The molecule has 0 fully saturated rings. The van der Waals surface area contributed by atoms with Gasteiger partial charge in [0.25, 0.3) is 0 Å². The molecule has 2 atom stereocenters. The van der Waals surface area contributed by atoms with Gasteiger partial charge in [-0.3, -0.25) is 4.79 Å². The quantitative estimate of drug-likeness (QED) is 0.840. The summed E-state index contributed by atoms with van der Waals surface area (Å²) in [6.07, 6.45) is -1.18. The Morgan fingerprint density at radius 3 is 2.11 bits per heavy atom. The van der Waals surface area contributed by atoms with Crippen molar-refractivity contribution < 1.29 is 19.0 Å². The number of methoxy groups -OCH3 is 1. The molecular weight excluding hydrogens is 235 g/mol. The van der Waals surface area contributed by atoms with Crippen LogP contribution in [0.2, 0.25) is 0 Å². The van der Waals surface area contributed by atoms with Crippen molar-refractivity contribution in [2.45, 2.75) is 38.5 Å². The SMILES string of the molecule is COC(=O)C(C)c1ccc(C(O)C(C)(C)F)cc1. The summed E-state index contributed by atoms with van der Waals surface area (Å²) in [6, 6.07) is 6.65. The lowest BCUT2D eigenvalue weighted by atomic mass is 9.93. The Bertz CT molecular complexity index is 406. The first-order chi connectivity index (χ1) is 8.27. The van der Waals surface area contributed by atoms with E-state index in [-0.39, 0.29) is 11.9 Å². The predicted molar refractivity (Wildman–Crippen MR) is 67.0 cm³/mol. The van der Waals surface area contributed by atoms with E-state index in [4.69, 9.17) is 0 Å². The zero-order chi connectivity index (χ0) is 13.9. The first-order valence-electron chi connectivity index (χ1n) is 5.82. The van der Waals surface area contributed by atoms with Gasteiger partial charge in [-0.15, -0.1) is 0 Å². The van der Waals surface area contributed by atoms with Gasteiger partial charge in [-0.05, 0) is 31.9 Å². The molecule has 100 valence electrons. The lowest BCUT2D eigenvalue weighted by Gasteiger charge is -2.22. The summed E-state index contributed by atoms with van der Waals surface area (Å²) < 4.78 is 18.2. The van der Waals surface area contributed by atoms with E-state index in [0.717, 1.165) is 5.56 Å². The number of aliphatic hydroxyl groups is 1. The van der Waals surface area contributed by atoms with Gasteiger partial charge in [0.2, 0.25) is 0 Å². The Balaban J connectivity index is 2.90. The van der Waals surface area contributed by atoms with E-state index in [0.29, 0.717) is 5.56 Å². The van der Waals surface area contributed by atoms with Gasteiger partial charge in [0.1, 0.15) is 11.8 Å². The standard InChI is InChI=1S/C14H19FO3/c1-9(13(17)18-4)10-5-7-11(8-6-10)12(16)14(2,3)15/h5-9,12,16H,1-4H3. The second-order valence-electron chi connectivity index (χ2n) is 4.88. The smallest absolute Gasteiger partial charge is 0.312 e. The van der Waals surface area contributed by atoms with Crippen LogP contribution in [-0.2, 0) is 9.53 Å². The first-order valence-corrected chi connectivity index (χ1v) is 5.82. The normalized spacial score (nSPS) is 15.0. The Kier molecular flexibility index (Phi) is 4.46. The second kappa shape index (κ2) is 5.48. The third kappa shape index (κ3) is 3.29. The maximum absolute atomic E-state index is 13.6. The molecule has 4 heteroatoms. The molecule has 0 radical (unpaired) electrons. The minimum Gasteiger partial charge on any atom is -0.469 e. The van der Waals surface area contributed by atoms with Crippen molar-refractivity contribution >= 4 is 5.97 Å². The average molecular weight is 254 g/mol. The number of benzene rings is 1. The summed E-state index contributed by atoms with van der Waals surface area (Å²) in [7, 11) is 1.34. The summed E-state index contributed by atoms with van der Waals surface area (Å²) in [5, 5.41) is 9.78. The van der Waals surface area contributed by atoms with Crippen molar-refractivity contribution in [2.75, 3.05) is 7.11 Å². The van der Waals surface area contributed by atoms with Crippen LogP contribution in [0.1, 0.15) is 43.9 Å². The van der Waals surface area contributed by atoms with Crippen LogP contribution >= 0.6 is 0 Å². The number of carbonyl (C=O) groups is 1. The van der Waals surface area contributed by atoms with E-state index in [1.54, 1.807) is 31.2 Å². The molecule has 0 bridgehead atoms. The molecule has 0 heterocycles. The number of alkyl halides is 1. The van der Waals surface area contributed by atoms with Crippen molar-refractivity contribution in [3.63, 3.8) is 0 Å². The number of aliphatic hydroxyl groups excluding tert-OH is 1. The van der Waals surface area contributed by atoms with Crippen LogP contribution < -0.4 is 0 Å². The van der Waals surface area contributed by atoms with E-state index < -0.39 is 11.8 Å². The van der Waals surface area contributed by atoms with Crippen LogP contribution in [0.15, 0.2) is 24.3 Å². The summed E-state index contributed by atoms with van der Waals surface area (Å²) in [5.74, 6) is -0.700. The highest BCUT2D eigenvalue weighted by atomic mass is 19.1. The van der Waals surface area contributed by atoms with Gasteiger partial charge >= 0.3 is 5.97 Å². The van der Waals surface area contributed by atoms with Crippen molar-refractivity contribution in [1.29, 1.82) is 0 Å². The number of halogens is 1. The highest BCUT2D eigenvalue weighted by Crippen LogP contribution is 2.29. The maximum atomic E-state index is 13.6. The molecule has 0 aliphatic carbocycles. The molecule has 1 N–H and O–H groups in total. The predicted octanol–water partition coefficient (Wildman–Crippen LogP) is 2.74. The minimum absolute atomic E-state index is 0.325. The van der Waals surface area contributed by atoms with Gasteiger partial charge in [0.05, 0.1) is 13.0 Å². The van der Waals surface area contributed by atoms with Gasteiger partial charge in [-0.2, -0.15) is 0 Å². The molecule has 0 amide bonds. The van der Waals surface area contributed by atoms with Crippen LogP contribution in [0.4, 0.5) is 4.39 Å². The van der Waals surface area contributed by atoms with E-state index >= 15 is 0 Å². The number of hydrogen-bond acceptors (Lipinski definition) is 3. The van der Waals surface area contributed by atoms with Crippen LogP contribution in [0.25, 0.3) is 0 Å². The second-order valence-corrected chi connectivity index (χ2v) is 4.88. The number of rotatable bonds is 4. The Morgan fingerprint density at radius 2 is 1.72 bits per heavy atom. The average Bonchev–Trinajstić information content (AvgIpc) is 2.35. The fraction of sp³-hybridized carbons (Fsp3) is 0.500. The number of esters is 1. The van der Waals surface area contributed by atoms with Crippen molar-refractivity contribution in [3.05, 3.63) is 35.4 Å². The molecule has 1 aromatic carbocycles. The third-order valence-corrected chi connectivity index (χ3v) is 2.96. The number of ether oxygens (including phenoxy) is 1. The molecule has 3 nitrogen and oxygen atoms in total. The fourth-order valence-corrected chi connectivity index (χ4v) is 1.68. The Hall–Kier alpha value is -1.42. The summed E-state index contributed by atoms with van der Waals surface area (Å²) in [6.45, 7) is 4.38. The monoisotopic (exact) mass is 254 g/mol. The van der Waals surface area contributed by atoms with E-state index in [1.165, 1.54) is 21.0 Å². The fourth-order valence-electron chi connectivity index (χ4n) is 1.68. The molecule has 0 saturated heterocycles. The minimum atomic E-state index is -1.70. The third-order valence-electron chi connectivity index (χ3n) is 2.96. The lowest BCUT2D eigenvalue weighted by Crippen LogP contribution is -2.23. The zero-order valence-corrected chi connectivity index (χ0v) is 11.1. The molecular formula is C14H19FO3. The van der Waals surface area contributed by atoms with Crippen LogP contribution in [-0.4, -0.2) is 23.9 Å². The van der Waals surface area contributed by atoms with Gasteiger partial charge in [-0.1, -0.05) is 24.3 Å². The van der Waals surface area contributed by atoms with Gasteiger partial charge in [0, 0.05) is 0 Å². The molecule has 2 unspecified atom stereocenters. The van der Waals surface area contributed by atoms with Gasteiger partial charge in [-0.25, -0.2) is 4.39 Å². The molecule has 18 heavy (non-hydrogen) atoms. The summed E-state index contributed by atoms with van der Waals surface area (Å²) in [4.78, 5) is 11.4. The molecule has 0 spiro atoms. The topological polar surface area (TPSA) is 46.5 Å². The van der Waals surface area contributed by atoms with Crippen molar-refractivity contribution in [2.24, 2.45) is 0 Å². The van der Waals surface area contributed by atoms with E-state index in [2.05, 4.69) is 4.74 Å². The van der Waals surface area contributed by atoms with Gasteiger partial charge < -0.3 is 9.84 Å². The molecule has 0 aromatic heterocycles. The van der Waals surface area contributed by atoms with E-state index in [9.17, 15) is 14.3 Å². The van der Waals surface area contributed by atoms with E-state index in [1.807, 2.05) is 0 Å². The Morgan fingerprint density at radius 1 is 1.28 bits per heavy atom. The van der Waals surface area contributed by atoms with Crippen LogP contribution in [0.3, 0.4) is 0 Å². The molecule has 1 aromatic rings. The summed E-state index contributed by atoms with van der Waals surface area (Å²) >= 11 is 0.